The van der Waals surface area contributed by atoms with Crippen molar-refractivity contribution in [2.45, 2.75) is 65.8 Å². The molecular formula is C18H29N3. The molecule has 3 unspecified atom stereocenters. The topological polar surface area (TPSA) is 37.8 Å². The molecule has 2 aliphatic rings. The minimum absolute atomic E-state index is 0.638. The Kier molecular flexibility index (Phi) is 4.30. The molecule has 3 atom stereocenters. The molecule has 116 valence electrons. The Bertz CT molecular complexity index is 486. The maximum absolute atomic E-state index is 4.88. The van der Waals surface area contributed by atoms with Crippen LogP contribution in [0.15, 0.2) is 0 Å². The predicted molar refractivity (Wildman–Crippen MR) is 86.2 cm³/mol. The van der Waals surface area contributed by atoms with Gasteiger partial charge in [0.05, 0.1) is 0 Å². The normalized spacial score (nSPS) is 27.8. The zero-order chi connectivity index (χ0) is 15.0. The lowest BCUT2D eigenvalue weighted by Crippen LogP contribution is -2.22. The third kappa shape index (κ3) is 3.13. The van der Waals surface area contributed by atoms with Crippen molar-refractivity contribution < 1.29 is 0 Å². The summed E-state index contributed by atoms with van der Waals surface area (Å²) in [6.45, 7) is 10.7. The molecule has 1 aromatic rings. The van der Waals surface area contributed by atoms with E-state index in [-0.39, 0.29) is 0 Å². The summed E-state index contributed by atoms with van der Waals surface area (Å²) in [6, 6.07) is 0. The van der Waals surface area contributed by atoms with E-state index in [0.29, 0.717) is 11.8 Å². The Morgan fingerprint density at radius 2 is 1.81 bits per heavy atom. The Labute approximate surface area is 129 Å². The number of aryl methyl sites for hydroxylation is 2. The molecule has 1 aromatic heterocycles. The zero-order valence-corrected chi connectivity index (χ0v) is 13.9. The molecule has 3 nitrogen and oxygen atoms in total. The fourth-order valence-corrected chi connectivity index (χ4v) is 4.23. The summed E-state index contributed by atoms with van der Waals surface area (Å²) >= 11 is 0. The van der Waals surface area contributed by atoms with Crippen LogP contribution in [0.2, 0.25) is 0 Å². The second kappa shape index (κ2) is 6.04. The maximum atomic E-state index is 4.88. The van der Waals surface area contributed by atoms with Crippen molar-refractivity contribution in [3.05, 3.63) is 22.8 Å². The molecular weight excluding hydrogens is 258 g/mol. The van der Waals surface area contributed by atoms with E-state index in [9.17, 15) is 0 Å². The summed E-state index contributed by atoms with van der Waals surface area (Å²) in [5.74, 6) is 4.26. The molecule has 0 aliphatic heterocycles. The fraction of sp³-hybridized carbons (Fsp3) is 0.778. The molecule has 3 heteroatoms. The molecule has 21 heavy (non-hydrogen) atoms. The Balaban J connectivity index is 1.73. The standard InChI is InChI=1S/C18H29N3/c1-11(2)9-19-10-17-12(3)20-18(21-13(17)4)16-8-14-5-6-15(16)7-14/h11,14-16,19H,5-10H2,1-4H3. The first-order valence-corrected chi connectivity index (χ1v) is 8.59. The summed E-state index contributed by atoms with van der Waals surface area (Å²) in [5, 5.41) is 3.52. The highest BCUT2D eigenvalue weighted by Crippen LogP contribution is 2.52. The van der Waals surface area contributed by atoms with E-state index in [1.54, 1.807) is 0 Å². The molecule has 0 radical (unpaired) electrons. The van der Waals surface area contributed by atoms with Gasteiger partial charge in [-0.05, 0) is 57.4 Å². The summed E-state index contributed by atoms with van der Waals surface area (Å²) < 4.78 is 0. The van der Waals surface area contributed by atoms with Crippen LogP contribution in [0.1, 0.15) is 68.2 Å². The van der Waals surface area contributed by atoms with Gasteiger partial charge in [0.1, 0.15) is 5.82 Å². The van der Waals surface area contributed by atoms with Crippen molar-refractivity contribution >= 4 is 0 Å². The van der Waals surface area contributed by atoms with Crippen molar-refractivity contribution in [1.29, 1.82) is 0 Å². The van der Waals surface area contributed by atoms with Crippen LogP contribution in [-0.2, 0) is 6.54 Å². The number of fused-ring (bicyclic) bond motifs is 2. The van der Waals surface area contributed by atoms with E-state index in [1.807, 2.05) is 0 Å². The van der Waals surface area contributed by atoms with Crippen molar-refractivity contribution in [3.63, 3.8) is 0 Å². The lowest BCUT2D eigenvalue weighted by atomic mass is 9.88. The highest BCUT2D eigenvalue weighted by Gasteiger charge is 2.41. The number of hydrogen-bond acceptors (Lipinski definition) is 3. The predicted octanol–water partition coefficient (Wildman–Crippen LogP) is 3.74. The van der Waals surface area contributed by atoms with Crippen LogP contribution in [0.5, 0.6) is 0 Å². The van der Waals surface area contributed by atoms with Crippen molar-refractivity contribution in [1.82, 2.24) is 15.3 Å². The minimum Gasteiger partial charge on any atom is -0.312 e. The molecule has 2 aliphatic carbocycles. The van der Waals surface area contributed by atoms with E-state index in [0.717, 1.165) is 30.7 Å². The van der Waals surface area contributed by atoms with Gasteiger partial charge in [0.2, 0.25) is 0 Å². The van der Waals surface area contributed by atoms with Gasteiger partial charge >= 0.3 is 0 Å². The molecule has 2 bridgehead atoms. The van der Waals surface area contributed by atoms with Gasteiger partial charge < -0.3 is 5.32 Å². The van der Waals surface area contributed by atoms with Gasteiger partial charge in [-0.2, -0.15) is 0 Å². The van der Waals surface area contributed by atoms with Gasteiger partial charge in [0, 0.05) is 29.4 Å². The molecule has 0 aromatic carbocycles. The van der Waals surface area contributed by atoms with Crippen LogP contribution >= 0.6 is 0 Å². The number of rotatable bonds is 5. The van der Waals surface area contributed by atoms with Gasteiger partial charge in [-0.3, -0.25) is 0 Å². The first kappa shape index (κ1) is 15.0. The van der Waals surface area contributed by atoms with Crippen LogP contribution in [0, 0.1) is 31.6 Å². The summed E-state index contributed by atoms with van der Waals surface area (Å²) in [6.07, 6.45) is 5.59. The van der Waals surface area contributed by atoms with Crippen molar-refractivity contribution in [3.8, 4) is 0 Å². The Morgan fingerprint density at radius 1 is 1.10 bits per heavy atom. The molecule has 3 rings (SSSR count). The smallest absolute Gasteiger partial charge is 0.132 e. The fourth-order valence-electron chi connectivity index (χ4n) is 4.23. The van der Waals surface area contributed by atoms with Gasteiger partial charge in [-0.1, -0.05) is 20.3 Å². The van der Waals surface area contributed by atoms with Crippen LogP contribution in [0.4, 0.5) is 0 Å². The number of nitrogens with one attached hydrogen (secondary N) is 1. The number of aromatic nitrogens is 2. The van der Waals surface area contributed by atoms with Gasteiger partial charge in [0.25, 0.3) is 0 Å². The van der Waals surface area contributed by atoms with Crippen LogP contribution in [0.25, 0.3) is 0 Å². The summed E-state index contributed by atoms with van der Waals surface area (Å²) in [7, 11) is 0. The van der Waals surface area contributed by atoms with Gasteiger partial charge in [0.15, 0.2) is 0 Å². The highest BCUT2D eigenvalue weighted by atomic mass is 14.9. The molecule has 1 N–H and O–H groups in total. The largest absolute Gasteiger partial charge is 0.312 e. The number of hydrogen-bond donors (Lipinski definition) is 1. The van der Waals surface area contributed by atoms with Crippen molar-refractivity contribution in [2.75, 3.05) is 6.54 Å². The van der Waals surface area contributed by atoms with E-state index < -0.39 is 0 Å². The second-order valence-corrected chi connectivity index (χ2v) is 7.54. The van der Waals surface area contributed by atoms with Crippen LogP contribution in [-0.4, -0.2) is 16.5 Å². The molecule has 0 spiro atoms. The van der Waals surface area contributed by atoms with E-state index in [1.165, 1.54) is 42.6 Å². The van der Waals surface area contributed by atoms with E-state index in [2.05, 4.69) is 33.0 Å². The molecule has 0 saturated heterocycles. The van der Waals surface area contributed by atoms with Crippen LogP contribution < -0.4 is 5.32 Å². The van der Waals surface area contributed by atoms with Gasteiger partial charge in [-0.25, -0.2) is 9.97 Å². The molecule has 0 amide bonds. The first-order valence-electron chi connectivity index (χ1n) is 8.59. The highest BCUT2D eigenvalue weighted by molar-refractivity contribution is 5.26. The third-order valence-electron chi connectivity index (χ3n) is 5.36. The number of nitrogens with zero attached hydrogens (tertiary/aromatic N) is 2. The molecule has 2 fully saturated rings. The maximum Gasteiger partial charge on any atom is 0.132 e. The average Bonchev–Trinajstić information content (AvgIpc) is 3.03. The average molecular weight is 287 g/mol. The lowest BCUT2D eigenvalue weighted by Gasteiger charge is -2.22. The zero-order valence-electron chi connectivity index (χ0n) is 13.9. The Morgan fingerprint density at radius 3 is 2.33 bits per heavy atom. The minimum atomic E-state index is 0.638. The molecule has 1 heterocycles. The van der Waals surface area contributed by atoms with Gasteiger partial charge in [-0.15, -0.1) is 0 Å². The van der Waals surface area contributed by atoms with E-state index >= 15 is 0 Å². The lowest BCUT2D eigenvalue weighted by molar-refractivity contribution is 0.403. The van der Waals surface area contributed by atoms with Crippen molar-refractivity contribution in [2.24, 2.45) is 17.8 Å². The monoisotopic (exact) mass is 287 g/mol. The Hall–Kier alpha value is -0.960. The summed E-state index contributed by atoms with van der Waals surface area (Å²) in [5.41, 5.74) is 3.65. The first-order chi connectivity index (χ1) is 10.0. The SMILES string of the molecule is Cc1nc(C2CC3CCC2C3)nc(C)c1CNCC(C)C. The quantitative estimate of drug-likeness (QED) is 0.896. The summed E-state index contributed by atoms with van der Waals surface area (Å²) in [4.78, 5) is 9.76. The second-order valence-electron chi connectivity index (χ2n) is 7.54. The molecule has 2 saturated carbocycles. The van der Waals surface area contributed by atoms with Crippen LogP contribution in [0.3, 0.4) is 0 Å². The third-order valence-corrected chi connectivity index (χ3v) is 5.36. The van der Waals surface area contributed by atoms with E-state index in [4.69, 9.17) is 9.97 Å².